The predicted octanol–water partition coefficient (Wildman–Crippen LogP) is 3.50. The first kappa shape index (κ1) is 11.7. The van der Waals surface area contributed by atoms with Gasteiger partial charge < -0.3 is 4.42 Å². The SMILES string of the molecule is C[Si](C)(C)C#CC(=O)c1cc2ccccc2o1. The van der Waals surface area contributed by atoms with Gasteiger partial charge in [-0.25, -0.2) is 0 Å². The predicted molar refractivity (Wildman–Crippen MR) is 71.7 cm³/mol. The van der Waals surface area contributed by atoms with Crippen molar-refractivity contribution in [3.05, 3.63) is 36.1 Å². The maximum absolute atomic E-state index is 11.8. The van der Waals surface area contributed by atoms with E-state index in [1.54, 1.807) is 6.07 Å². The molecule has 0 aliphatic carbocycles. The van der Waals surface area contributed by atoms with Crippen molar-refractivity contribution in [3.8, 4) is 11.5 Å². The first-order chi connectivity index (χ1) is 7.96. The van der Waals surface area contributed by atoms with E-state index < -0.39 is 8.07 Å². The van der Waals surface area contributed by atoms with Gasteiger partial charge >= 0.3 is 0 Å². The zero-order chi connectivity index (χ0) is 12.5. The van der Waals surface area contributed by atoms with Crippen LogP contribution in [0.3, 0.4) is 0 Å². The van der Waals surface area contributed by atoms with Crippen LogP contribution in [0.5, 0.6) is 0 Å². The molecule has 0 aliphatic rings. The van der Waals surface area contributed by atoms with E-state index in [2.05, 4.69) is 31.1 Å². The van der Waals surface area contributed by atoms with Crippen molar-refractivity contribution in [2.45, 2.75) is 19.6 Å². The van der Waals surface area contributed by atoms with Gasteiger partial charge in [0, 0.05) is 5.39 Å². The minimum Gasteiger partial charge on any atom is -0.452 e. The number of furan rings is 1. The molecule has 0 fully saturated rings. The molecule has 0 amide bonds. The molecule has 0 atom stereocenters. The third-order valence-electron chi connectivity index (χ3n) is 2.20. The van der Waals surface area contributed by atoms with Gasteiger partial charge in [-0.1, -0.05) is 37.8 Å². The molecule has 0 spiro atoms. The lowest BCUT2D eigenvalue weighted by molar-refractivity contribution is 0.103. The Bertz CT molecular complexity index is 588. The summed E-state index contributed by atoms with van der Waals surface area (Å²) in [5.74, 6) is 2.78. The molecular weight excluding hydrogens is 228 g/mol. The summed E-state index contributed by atoms with van der Waals surface area (Å²) in [6.45, 7) is 6.31. The van der Waals surface area contributed by atoms with Gasteiger partial charge in [-0.3, -0.25) is 4.79 Å². The van der Waals surface area contributed by atoms with Crippen LogP contribution < -0.4 is 0 Å². The van der Waals surface area contributed by atoms with Gasteiger partial charge in [0.15, 0.2) is 5.76 Å². The Hall–Kier alpha value is -1.79. The van der Waals surface area contributed by atoms with E-state index >= 15 is 0 Å². The van der Waals surface area contributed by atoms with Gasteiger partial charge in [0.2, 0.25) is 0 Å². The molecule has 1 heterocycles. The second kappa shape index (κ2) is 4.23. The molecule has 2 rings (SSSR count). The van der Waals surface area contributed by atoms with Gasteiger partial charge in [0.25, 0.3) is 5.78 Å². The van der Waals surface area contributed by atoms with Crippen LogP contribution in [-0.4, -0.2) is 13.9 Å². The Kier molecular flexibility index (Phi) is 2.91. The van der Waals surface area contributed by atoms with Gasteiger partial charge in [-0.05, 0) is 18.1 Å². The third kappa shape index (κ3) is 2.86. The van der Waals surface area contributed by atoms with Crippen molar-refractivity contribution in [1.29, 1.82) is 0 Å². The van der Waals surface area contributed by atoms with Gasteiger partial charge in [0.1, 0.15) is 13.7 Å². The topological polar surface area (TPSA) is 30.2 Å². The van der Waals surface area contributed by atoms with Crippen LogP contribution in [0, 0.1) is 11.5 Å². The molecule has 0 aliphatic heterocycles. The lowest BCUT2D eigenvalue weighted by Gasteiger charge is -2.02. The molecule has 0 unspecified atom stereocenters. The fourth-order valence-corrected chi connectivity index (χ4v) is 1.89. The Balaban J connectivity index is 2.33. The van der Waals surface area contributed by atoms with Crippen LogP contribution in [0.1, 0.15) is 10.6 Å². The Morgan fingerprint density at radius 1 is 1.24 bits per heavy atom. The van der Waals surface area contributed by atoms with Gasteiger partial charge in [-0.2, -0.15) is 0 Å². The van der Waals surface area contributed by atoms with Crippen molar-refractivity contribution in [1.82, 2.24) is 0 Å². The number of carbonyl (C=O) groups excluding carboxylic acids is 1. The van der Waals surface area contributed by atoms with E-state index in [4.69, 9.17) is 4.42 Å². The first-order valence-electron chi connectivity index (χ1n) is 5.52. The summed E-state index contributed by atoms with van der Waals surface area (Å²) >= 11 is 0. The molecule has 0 saturated carbocycles. The summed E-state index contributed by atoms with van der Waals surface area (Å²) in [5.41, 5.74) is 3.77. The fourth-order valence-electron chi connectivity index (χ4n) is 1.40. The minimum atomic E-state index is -1.52. The van der Waals surface area contributed by atoms with Crippen molar-refractivity contribution in [2.24, 2.45) is 0 Å². The average molecular weight is 242 g/mol. The number of hydrogen-bond donors (Lipinski definition) is 0. The van der Waals surface area contributed by atoms with E-state index in [-0.39, 0.29) is 5.78 Å². The van der Waals surface area contributed by atoms with Crippen molar-refractivity contribution in [3.63, 3.8) is 0 Å². The largest absolute Gasteiger partial charge is 0.452 e. The van der Waals surface area contributed by atoms with Gasteiger partial charge in [0.05, 0.1) is 0 Å². The Labute approximate surface area is 102 Å². The summed E-state index contributed by atoms with van der Waals surface area (Å²) in [5, 5.41) is 0.936. The maximum atomic E-state index is 11.8. The highest BCUT2D eigenvalue weighted by molar-refractivity contribution is 6.84. The first-order valence-corrected chi connectivity index (χ1v) is 9.02. The van der Waals surface area contributed by atoms with Crippen LogP contribution in [-0.2, 0) is 0 Å². The monoisotopic (exact) mass is 242 g/mol. The van der Waals surface area contributed by atoms with Crippen molar-refractivity contribution < 1.29 is 9.21 Å². The van der Waals surface area contributed by atoms with E-state index in [9.17, 15) is 4.79 Å². The number of fused-ring (bicyclic) bond motifs is 1. The lowest BCUT2D eigenvalue weighted by atomic mass is 10.2. The van der Waals surface area contributed by atoms with Crippen LogP contribution >= 0.6 is 0 Å². The molecule has 0 N–H and O–H groups in total. The second-order valence-corrected chi connectivity index (χ2v) is 9.73. The van der Waals surface area contributed by atoms with E-state index in [1.165, 1.54) is 0 Å². The number of rotatable bonds is 1. The maximum Gasteiger partial charge on any atom is 0.270 e. The number of para-hydroxylation sites is 1. The zero-order valence-electron chi connectivity index (χ0n) is 10.2. The molecular formula is C14H14O2Si. The molecule has 1 aromatic heterocycles. The highest BCUT2D eigenvalue weighted by Gasteiger charge is 2.12. The fraction of sp³-hybridized carbons (Fsp3) is 0.214. The summed E-state index contributed by atoms with van der Waals surface area (Å²) in [6.07, 6.45) is 0. The molecule has 17 heavy (non-hydrogen) atoms. The molecule has 3 heteroatoms. The quantitative estimate of drug-likeness (QED) is 0.435. The average Bonchev–Trinajstić information content (AvgIpc) is 2.68. The normalized spacial score (nSPS) is 11.0. The van der Waals surface area contributed by atoms with E-state index in [0.717, 1.165) is 11.0 Å². The minimum absolute atomic E-state index is 0.233. The number of carbonyl (C=O) groups is 1. The molecule has 2 nitrogen and oxygen atoms in total. The highest BCUT2D eigenvalue weighted by atomic mass is 28.3. The summed E-state index contributed by atoms with van der Waals surface area (Å²) < 4.78 is 5.46. The number of hydrogen-bond acceptors (Lipinski definition) is 2. The molecule has 1 aromatic carbocycles. The van der Waals surface area contributed by atoms with Crippen LogP contribution in [0.2, 0.25) is 19.6 Å². The Morgan fingerprint density at radius 3 is 2.59 bits per heavy atom. The van der Waals surface area contributed by atoms with Crippen molar-refractivity contribution >= 4 is 24.8 Å². The summed E-state index contributed by atoms with van der Waals surface area (Å²) in [4.78, 5) is 11.8. The number of benzene rings is 1. The smallest absolute Gasteiger partial charge is 0.270 e. The summed E-state index contributed by atoms with van der Waals surface area (Å²) in [6, 6.07) is 9.31. The van der Waals surface area contributed by atoms with Crippen molar-refractivity contribution in [2.75, 3.05) is 0 Å². The van der Waals surface area contributed by atoms with E-state index in [0.29, 0.717) is 5.76 Å². The van der Waals surface area contributed by atoms with Crippen LogP contribution in [0.15, 0.2) is 34.7 Å². The molecule has 0 saturated heterocycles. The number of Topliss-reactive ketones (excluding diaryl/α,β-unsaturated/α-hetero) is 1. The van der Waals surface area contributed by atoms with Crippen LogP contribution in [0.25, 0.3) is 11.0 Å². The lowest BCUT2D eigenvalue weighted by Crippen LogP contribution is -2.17. The van der Waals surface area contributed by atoms with Crippen LogP contribution in [0.4, 0.5) is 0 Å². The van der Waals surface area contributed by atoms with Gasteiger partial charge in [-0.15, -0.1) is 5.54 Å². The standard InChI is InChI=1S/C14H14O2Si/c1-17(2,3)9-8-12(15)14-10-11-6-4-5-7-13(11)16-14/h4-7,10H,1-3H3. The third-order valence-corrected chi connectivity index (χ3v) is 3.08. The molecule has 86 valence electrons. The number of ketones is 1. The molecule has 0 radical (unpaired) electrons. The zero-order valence-corrected chi connectivity index (χ0v) is 11.2. The molecule has 0 bridgehead atoms. The summed E-state index contributed by atoms with van der Waals surface area (Å²) in [7, 11) is -1.52. The van der Waals surface area contributed by atoms with E-state index in [1.807, 2.05) is 24.3 Å². The molecule has 2 aromatic rings. The Morgan fingerprint density at radius 2 is 1.94 bits per heavy atom. The highest BCUT2D eigenvalue weighted by Crippen LogP contribution is 2.18. The second-order valence-electron chi connectivity index (χ2n) is 4.98.